The lowest BCUT2D eigenvalue weighted by Crippen LogP contribution is -2.16. The Kier molecular flexibility index (Phi) is 5.94. The Hall–Kier alpha value is -1.81. The highest BCUT2D eigenvalue weighted by molar-refractivity contribution is 5.99. The van der Waals surface area contributed by atoms with Crippen LogP contribution >= 0.6 is 0 Å². The van der Waals surface area contributed by atoms with Crippen molar-refractivity contribution in [1.29, 1.82) is 0 Å². The van der Waals surface area contributed by atoms with Crippen LogP contribution in [0.25, 0.3) is 0 Å². The molecule has 1 amide bonds. The molecule has 1 aromatic rings. The summed E-state index contributed by atoms with van der Waals surface area (Å²) in [5.74, 6) is 0.450. The number of anilines is 1. The van der Waals surface area contributed by atoms with E-state index in [1.54, 1.807) is 0 Å². The van der Waals surface area contributed by atoms with Gasteiger partial charge in [-0.3, -0.25) is 4.79 Å². The van der Waals surface area contributed by atoms with Gasteiger partial charge in [-0.25, -0.2) is 0 Å². The van der Waals surface area contributed by atoms with Crippen molar-refractivity contribution >= 4 is 11.6 Å². The lowest BCUT2D eigenvalue weighted by atomic mass is 10.3. The Morgan fingerprint density at radius 1 is 1.44 bits per heavy atom. The van der Waals surface area contributed by atoms with E-state index in [9.17, 15) is 4.79 Å². The van der Waals surface area contributed by atoms with Crippen LogP contribution in [-0.4, -0.2) is 38.1 Å². The number of nitrogens with zero attached hydrogens (tertiary/aromatic N) is 1. The van der Waals surface area contributed by atoms with E-state index in [1.165, 1.54) is 6.08 Å². The van der Waals surface area contributed by atoms with Crippen molar-refractivity contribution in [2.45, 2.75) is 6.42 Å². The maximum atomic E-state index is 11.3. The van der Waals surface area contributed by atoms with Crippen molar-refractivity contribution in [3.05, 3.63) is 36.9 Å². The van der Waals surface area contributed by atoms with Gasteiger partial charge in [-0.2, -0.15) is 0 Å². The maximum Gasteiger partial charge on any atom is 0.247 e. The van der Waals surface area contributed by atoms with Crippen molar-refractivity contribution < 1.29 is 9.53 Å². The van der Waals surface area contributed by atoms with Gasteiger partial charge in [0, 0.05) is 6.54 Å². The third-order valence-electron chi connectivity index (χ3n) is 2.34. The number of rotatable bonds is 7. The molecule has 1 N–H and O–H groups in total. The van der Waals surface area contributed by atoms with Crippen LogP contribution in [0.4, 0.5) is 5.69 Å². The quantitative estimate of drug-likeness (QED) is 0.594. The summed E-state index contributed by atoms with van der Waals surface area (Å²) < 4.78 is 5.66. The molecule has 4 heteroatoms. The maximum absolute atomic E-state index is 11.3. The molecule has 0 aliphatic heterocycles. The molecule has 4 nitrogen and oxygen atoms in total. The molecule has 0 radical (unpaired) electrons. The van der Waals surface area contributed by atoms with Crippen molar-refractivity contribution in [3.63, 3.8) is 0 Å². The summed E-state index contributed by atoms with van der Waals surface area (Å²) in [7, 11) is 4.05. The summed E-state index contributed by atoms with van der Waals surface area (Å²) in [6, 6.07) is 7.38. The molecule has 0 aliphatic carbocycles. The predicted molar refractivity (Wildman–Crippen MR) is 73.9 cm³/mol. The summed E-state index contributed by atoms with van der Waals surface area (Å²) in [5.41, 5.74) is 0.673. The Bertz CT molecular complexity index is 403. The third kappa shape index (κ3) is 5.01. The third-order valence-corrected chi connectivity index (χ3v) is 2.34. The number of ether oxygens (including phenoxy) is 1. The first-order chi connectivity index (χ1) is 8.63. The van der Waals surface area contributed by atoms with E-state index in [0.717, 1.165) is 13.0 Å². The zero-order valence-electron chi connectivity index (χ0n) is 11.0. The molecule has 98 valence electrons. The number of amides is 1. The van der Waals surface area contributed by atoms with Crippen molar-refractivity contribution in [2.75, 3.05) is 32.6 Å². The predicted octanol–water partition coefficient (Wildman–Crippen LogP) is 2.14. The fourth-order valence-electron chi connectivity index (χ4n) is 1.44. The molecule has 1 rings (SSSR count). The smallest absolute Gasteiger partial charge is 0.247 e. The van der Waals surface area contributed by atoms with Gasteiger partial charge in [0.15, 0.2) is 0 Å². The first-order valence-electron chi connectivity index (χ1n) is 5.93. The summed E-state index contributed by atoms with van der Waals surface area (Å²) >= 11 is 0. The number of carbonyl (C=O) groups excluding carboxylic acids is 1. The van der Waals surface area contributed by atoms with Gasteiger partial charge in [0.25, 0.3) is 0 Å². The normalized spacial score (nSPS) is 10.2. The average molecular weight is 248 g/mol. The molecule has 0 atom stereocenters. The Labute approximate surface area is 108 Å². The zero-order chi connectivity index (χ0) is 13.4. The van der Waals surface area contributed by atoms with E-state index in [-0.39, 0.29) is 5.91 Å². The van der Waals surface area contributed by atoms with Gasteiger partial charge in [-0.15, -0.1) is 0 Å². The second-order valence-corrected chi connectivity index (χ2v) is 4.19. The number of nitrogens with one attached hydrogen (secondary N) is 1. The first-order valence-corrected chi connectivity index (χ1v) is 5.93. The molecule has 0 fully saturated rings. The first kappa shape index (κ1) is 14.3. The van der Waals surface area contributed by atoms with Crippen LogP contribution in [0.15, 0.2) is 36.9 Å². The molecule has 0 spiro atoms. The Balaban J connectivity index is 2.53. The van der Waals surface area contributed by atoms with Crippen LogP contribution in [0, 0.1) is 0 Å². The van der Waals surface area contributed by atoms with Crippen LogP contribution in [0.5, 0.6) is 5.75 Å². The monoisotopic (exact) mass is 248 g/mol. The molecule has 0 saturated carbocycles. The minimum atomic E-state index is -0.237. The van der Waals surface area contributed by atoms with Gasteiger partial charge in [0.1, 0.15) is 5.75 Å². The van der Waals surface area contributed by atoms with E-state index < -0.39 is 0 Å². The molecule has 0 unspecified atom stereocenters. The fraction of sp³-hybridized carbons (Fsp3) is 0.357. The molecule has 0 aliphatic rings. The molecule has 0 saturated heterocycles. The Morgan fingerprint density at radius 3 is 2.83 bits per heavy atom. The SMILES string of the molecule is C=CC(=O)Nc1ccccc1OCCCN(C)C. The van der Waals surface area contributed by atoms with Crippen LogP contribution < -0.4 is 10.1 Å². The second kappa shape index (κ2) is 7.50. The molecular weight excluding hydrogens is 228 g/mol. The van der Waals surface area contributed by atoms with Crippen molar-refractivity contribution in [2.24, 2.45) is 0 Å². The van der Waals surface area contributed by atoms with Gasteiger partial charge >= 0.3 is 0 Å². The standard InChI is InChI=1S/C14H20N2O2/c1-4-14(17)15-12-8-5-6-9-13(12)18-11-7-10-16(2)3/h4-6,8-9H,1,7,10-11H2,2-3H3,(H,15,17). The molecule has 1 aromatic carbocycles. The number of hydrogen-bond donors (Lipinski definition) is 1. The van der Waals surface area contributed by atoms with Gasteiger partial charge in [0.2, 0.25) is 5.91 Å². The molecule has 0 aromatic heterocycles. The highest BCUT2D eigenvalue weighted by Gasteiger charge is 2.04. The molecule has 18 heavy (non-hydrogen) atoms. The highest BCUT2D eigenvalue weighted by Crippen LogP contribution is 2.23. The number of carbonyl (C=O) groups is 1. The lowest BCUT2D eigenvalue weighted by molar-refractivity contribution is -0.111. The number of benzene rings is 1. The van der Waals surface area contributed by atoms with E-state index in [2.05, 4.69) is 16.8 Å². The second-order valence-electron chi connectivity index (χ2n) is 4.19. The van der Waals surface area contributed by atoms with E-state index >= 15 is 0 Å². The summed E-state index contributed by atoms with van der Waals surface area (Å²) in [4.78, 5) is 13.4. The van der Waals surface area contributed by atoms with Crippen LogP contribution in [-0.2, 0) is 4.79 Å². The zero-order valence-corrected chi connectivity index (χ0v) is 11.0. The topological polar surface area (TPSA) is 41.6 Å². The minimum Gasteiger partial charge on any atom is -0.491 e. The summed E-state index contributed by atoms with van der Waals surface area (Å²) in [6.45, 7) is 5.02. The lowest BCUT2D eigenvalue weighted by Gasteiger charge is -2.13. The number of hydrogen-bond acceptors (Lipinski definition) is 3. The van der Waals surface area contributed by atoms with Crippen LogP contribution in [0.1, 0.15) is 6.42 Å². The summed E-state index contributed by atoms with van der Waals surface area (Å²) in [6.07, 6.45) is 2.18. The fourth-order valence-corrected chi connectivity index (χ4v) is 1.44. The molecule has 0 heterocycles. The molecular formula is C14H20N2O2. The van der Waals surface area contributed by atoms with Crippen molar-refractivity contribution in [3.8, 4) is 5.75 Å². The van der Waals surface area contributed by atoms with Gasteiger partial charge in [-0.05, 0) is 38.7 Å². The number of para-hydroxylation sites is 2. The van der Waals surface area contributed by atoms with Gasteiger partial charge < -0.3 is 15.0 Å². The van der Waals surface area contributed by atoms with Crippen LogP contribution in [0.3, 0.4) is 0 Å². The minimum absolute atomic E-state index is 0.237. The van der Waals surface area contributed by atoms with E-state index in [1.807, 2.05) is 38.4 Å². The van der Waals surface area contributed by atoms with Gasteiger partial charge in [-0.1, -0.05) is 18.7 Å². The summed E-state index contributed by atoms with van der Waals surface area (Å²) in [5, 5.41) is 2.72. The van der Waals surface area contributed by atoms with E-state index in [4.69, 9.17) is 4.74 Å². The Morgan fingerprint density at radius 2 is 2.17 bits per heavy atom. The van der Waals surface area contributed by atoms with E-state index in [0.29, 0.717) is 18.0 Å². The van der Waals surface area contributed by atoms with Crippen molar-refractivity contribution in [1.82, 2.24) is 4.90 Å². The average Bonchev–Trinajstić information content (AvgIpc) is 2.36. The highest BCUT2D eigenvalue weighted by atomic mass is 16.5. The molecule has 0 bridgehead atoms. The van der Waals surface area contributed by atoms with Crippen LogP contribution in [0.2, 0.25) is 0 Å². The largest absolute Gasteiger partial charge is 0.491 e. The van der Waals surface area contributed by atoms with Gasteiger partial charge in [0.05, 0.1) is 12.3 Å².